The monoisotopic (exact) mass is 348 g/mol. The van der Waals surface area contributed by atoms with E-state index in [0.29, 0.717) is 18.7 Å². The third kappa shape index (κ3) is 4.18. The maximum Gasteiger partial charge on any atom is 0.253 e. The number of carbonyl (C=O) groups is 2. The standard InChI is InChI=1S/C19H25FN2O3/c1-25-17-8-11-21(12-9-17)19(24)15-3-2-10-22(13-15)18(23)14-4-6-16(20)7-5-14/h4-7,15,17H,2-3,8-13H2,1H3. The predicted octanol–water partition coefficient (Wildman–Crippen LogP) is 2.32. The average molecular weight is 348 g/mol. The predicted molar refractivity (Wildman–Crippen MR) is 91.6 cm³/mol. The Balaban J connectivity index is 1.60. The zero-order chi connectivity index (χ0) is 17.8. The molecule has 1 unspecified atom stereocenters. The van der Waals surface area contributed by atoms with Crippen molar-refractivity contribution in [1.29, 1.82) is 0 Å². The molecule has 0 radical (unpaired) electrons. The number of carbonyl (C=O) groups excluding carboxylic acids is 2. The van der Waals surface area contributed by atoms with Crippen molar-refractivity contribution in [2.24, 2.45) is 5.92 Å². The zero-order valence-electron chi connectivity index (χ0n) is 14.6. The molecule has 2 aliphatic heterocycles. The van der Waals surface area contributed by atoms with Gasteiger partial charge in [-0.05, 0) is 49.9 Å². The molecule has 136 valence electrons. The van der Waals surface area contributed by atoms with Gasteiger partial charge in [0.25, 0.3) is 5.91 Å². The van der Waals surface area contributed by atoms with E-state index in [-0.39, 0.29) is 29.7 Å². The van der Waals surface area contributed by atoms with Crippen LogP contribution in [0.15, 0.2) is 24.3 Å². The van der Waals surface area contributed by atoms with E-state index in [2.05, 4.69) is 0 Å². The summed E-state index contributed by atoms with van der Waals surface area (Å²) in [5, 5.41) is 0. The first kappa shape index (κ1) is 17.9. The summed E-state index contributed by atoms with van der Waals surface area (Å²) in [7, 11) is 1.71. The van der Waals surface area contributed by atoms with Crippen LogP contribution in [0.3, 0.4) is 0 Å². The van der Waals surface area contributed by atoms with Gasteiger partial charge >= 0.3 is 0 Å². The summed E-state index contributed by atoms with van der Waals surface area (Å²) in [4.78, 5) is 29.0. The number of rotatable bonds is 3. The Morgan fingerprint density at radius 1 is 1.04 bits per heavy atom. The van der Waals surface area contributed by atoms with E-state index in [1.165, 1.54) is 24.3 Å². The number of benzene rings is 1. The lowest BCUT2D eigenvalue weighted by atomic mass is 9.94. The number of ether oxygens (including phenoxy) is 1. The lowest BCUT2D eigenvalue weighted by Gasteiger charge is -2.37. The van der Waals surface area contributed by atoms with Crippen molar-refractivity contribution in [2.75, 3.05) is 33.3 Å². The summed E-state index contributed by atoms with van der Waals surface area (Å²) in [6.07, 6.45) is 3.61. The van der Waals surface area contributed by atoms with Gasteiger partial charge in [-0.15, -0.1) is 0 Å². The number of piperidine rings is 2. The third-order valence-corrected chi connectivity index (χ3v) is 5.24. The highest BCUT2D eigenvalue weighted by Gasteiger charge is 2.33. The highest BCUT2D eigenvalue weighted by Crippen LogP contribution is 2.23. The smallest absolute Gasteiger partial charge is 0.253 e. The van der Waals surface area contributed by atoms with E-state index in [1.54, 1.807) is 12.0 Å². The molecule has 0 bridgehead atoms. The fourth-order valence-electron chi connectivity index (χ4n) is 3.71. The molecule has 1 aromatic rings. The zero-order valence-corrected chi connectivity index (χ0v) is 14.6. The van der Waals surface area contributed by atoms with E-state index in [1.807, 2.05) is 4.90 Å². The molecule has 0 N–H and O–H groups in total. The van der Waals surface area contributed by atoms with Gasteiger partial charge in [-0.2, -0.15) is 0 Å². The van der Waals surface area contributed by atoms with Crippen molar-refractivity contribution >= 4 is 11.8 Å². The Hall–Kier alpha value is -1.95. The van der Waals surface area contributed by atoms with E-state index in [4.69, 9.17) is 4.74 Å². The Bertz CT molecular complexity index is 612. The van der Waals surface area contributed by atoms with Crippen molar-refractivity contribution < 1.29 is 18.7 Å². The molecule has 0 aliphatic carbocycles. The molecule has 2 heterocycles. The number of amides is 2. The van der Waals surface area contributed by atoms with Crippen LogP contribution in [0.25, 0.3) is 0 Å². The Labute approximate surface area is 147 Å². The van der Waals surface area contributed by atoms with Crippen molar-refractivity contribution in [1.82, 2.24) is 9.80 Å². The van der Waals surface area contributed by atoms with Crippen LogP contribution in [0.1, 0.15) is 36.0 Å². The lowest BCUT2D eigenvalue weighted by molar-refractivity contribution is -0.139. The molecule has 2 fully saturated rings. The topological polar surface area (TPSA) is 49.9 Å². The summed E-state index contributed by atoms with van der Waals surface area (Å²) < 4.78 is 18.4. The van der Waals surface area contributed by atoms with E-state index < -0.39 is 0 Å². The SMILES string of the molecule is COC1CCN(C(=O)C2CCCN(C(=O)c3ccc(F)cc3)C2)CC1. The van der Waals surface area contributed by atoms with Gasteiger partial charge < -0.3 is 14.5 Å². The molecule has 1 atom stereocenters. The second-order valence-corrected chi connectivity index (χ2v) is 6.86. The number of nitrogens with zero attached hydrogens (tertiary/aromatic N) is 2. The minimum atomic E-state index is -0.359. The molecule has 2 saturated heterocycles. The maximum atomic E-state index is 13.0. The first-order chi connectivity index (χ1) is 12.1. The molecule has 5 nitrogen and oxygen atoms in total. The average Bonchev–Trinajstić information content (AvgIpc) is 2.67. The molecule has 25 heavy (non-hydrogen) atoms. The molecule has 0 spiro atoms. The summed E-state index contributed by atoms with van der Waals surface area (Å²) >= 11 is 0. The van der Waals surface area contributed by atoms with Crippen LogP contribution < -0.4 is 0 Å². The van der Waals surface area contributed by atoms with Crippen molar-refractivity contribution in [3.63, 3.8) is 0 Å². The number of halogens is 1. The fraction of sp³-hybridized carbons (Fsp3) is 0.579. The van der Waals surface area contributed by atoms with Crippen LogP contribution in [0.4, 0.5) is 4.39 Å². The van der Waals surface area contributed by atoms with E-state index in [9.17, 15) is 14.0 Å². The van der Waals surface area contributed by atoms with Gasteiger partial charge in [0.15, 0.2) is 0 Å². The molecule has 2 amide bonds. The van der Waals surface area contributed by atoms with Crippen LogP contribution in [-0.2, 0) is 9.53 Å². The van der Waals surface area contributed by atoms with Gasteiger partial charge in [0.1, 0.15) is 5.82 Å². The highest BCUT2D eigenvalue weighted by molar-refractivity contribution is 5.94. The summed E-state index contributed by atoms with van der Waals surface area (Å²) in [6, 6.07) is 5.58. The normalized spacial score (nSPS) is 22.1. The second kappa shape index (κ2) is 7.95. The molecule has 3 rings (SSSR count). The first-order valence-corrected chi connectivity index (χ1v) is 8.95. The van der Waals surface area contributed by atoms with E-state index in [0.717, 1.165) is 38.8 Å². The summed E-state index contributed by atoms with van der Waals surface area (Å²) in [5.74, 6) is -0.485. The quantitative estimate of drug-likeness (QED) is 0.842. The van der Waals surface area contributed by atoms with Gasteiger partial charge in [0, 0.05) is 38.9 Å². The minimum Gasteiger partial charge on any atom is -0.381 e. The molecule has 2 aliphatic rings. The lowest BCUT2D eigenvalue weighted by Crippen LogP contribution is -2.49. The van der Waals surface area contributed by atoms with Crippen LogP contribution >= 0.6 is 0 Å². The molecule has 0 aromatic heterocycles. The first-order valence-electron chi connectivity index (χ1n) is 8.95. The molecule has 6 heteroatoms. The summed E-state index contributed by atoms with van der Waals surface area (Å²) in [6.45, 7) is 2.53. The van der Waals surface area contributed by atoms with Crippen LogP contribution in [-0.4, -0.2) is 61.0 Å². The molecular weight excluding hydrogens is 323 g/mol. The third-order valence-electron chi connectivity index (χ3n) is 5.24. The van der Waals surface area contributed by atoms with Gasteiger partial charge in [0.05, 0.1) is 12.0 Å². The number of hydrogen-bond acceptors (Lipinski definition) is 3. The van der Waals surface area contributed by atoms with Crippen molar-refractivity contribution in [2.45, 2.75) is 31.8 Å². The Morgan fingerprint density at radius 3 is 2.36 bits per heavy atom. The van der Waals surface area contributed by atoms with Gasteiger partial charge in [-0.25, -0.2) is 4.39 Å². The second-order valence-electron chi connectivity index (χ2n) is 6.86. The van der Waals surface area contributed by atoms with E-state index >= 15 is 0 Å². The maximum absolute atomic E-state index is 13.0. The van der Waals surface area contributed by atoms with Gasteiger partial charge in [-0.1, -0.05) is 0 Å². The van der Waals surface area contributed by atoms with Gasteiger partial charge in [-0.3, -0.25) is 9.59 Å². The fourth-order valence-corrected chi connectivity index (χ4v) is 3.71. The molecule has 1 aromatic carbocycles. The number of hydrogen-bond donors (Lipinski definition) is 0. The van der Waals surface area contributed by atoms with Crippen molar-refractivity contribution in [3.05, 3.63) is 35.6 Å². The number of methoxy groups -OCH3 is 1. The Morgan fingerprint density at radius 2 is 1.72 bits per heavy atom. The van der Waals surface area contributed by atoms with Crippen LogP contribution in [0, 0.1) is 11.7 Å². The number of likely N-dealkylation sites (tertiary alicyclic amines) is 2. The largest absolute Gasteiger partial charge is 0.381 e. The van der Waals surface area contributed by atoms with Gasteiger partial charge in [0.2, 0.25) is 5.91 Å². The Kier molecular flexibility index (Phi) is 5.68. The summed E-state index contributed by atoms with van der Waals surface area (Å²) in [5.41, 5.74) is 0.468. The van der Waals surface area contributed by atoms with Crippen LogP contribution in [0.2, 0.25) is 0 Å². The molecule has 0 saturated carbocycles. The minimum absolute atomic E-state index is 0.129. The molecular formula is C19H25FN2O3. The van der Waals surface area contributed by atoms with Crippen LogP contribution in [0.5, 0.6) is 0 Å². The highest BCUT2D eigenvalue weighted by atomic mass is 19.1. The van der Waals surface area contributed by atoms with Crippen molar-refractivity contribution in [3.8, 4) is 0 Å².